The highest BCUT2D eigenvalue weighted by Crippen LogP contribution is 2.16. The van der Waals surface area contributed by atoms with Gasteiger partial charge < -0.3 is 14.8 Å². The smallest absolute Gasteiger partial charge is 0.254 e. The van der Waals surface area contributed by atoms with E-state index in [1.54, 1.807) is 16.9 Å². The van der Waals surface area contributed by atoms with E-state index in [1.165, 1.54) is 6.33 Å². The highest BCUT2D eigenvalue weighted by molar-refractivity contribution is 5.95. The van der Waals surface area contributed by atoms with Gasteiger partial charge in [0.1, 0.15) is 6.33 Å². The van der Waals surface area contributed by atoms with Crippen LogP contribution in [0.25, 0.3) is 5.82 Å². The second-order valence-corrected chi connectivity index (χ2v) is 6.28. The molecule has 1 atom stereocenters. The maximum absolute atomic E-state index is 12.4. The first-order valence-corrected chi connectivity index (χ1v) is 8.48. The summed E-state index contributed by atoms with van der Waals surface area (Å²) in [5.41, 5.74) is 1.22. The van der Waals surface area contributed by atoms with E-state index in [1.807, 2.05) is 20.8 Å². The third-order valence-corrected chi connectivity index (χ3v) is 3.97. The predicted molar refractivity (Wildman–Crippen MR) is 91.0 cm³/mol. The molecule has 0 saturated carbocycles. The summed E-state index contributed by atoms with van der Waals surface area (Å²) in [5, 5.41) is 7.20. The Hall–Kier alpha value is -2.48. The molecule has 1 aliphatic rings. The van der Waals surface area contributed by atoms with Gasteiger partial charge >= 0.3 is 0 Å². The Kier molecular flexibility index (Phi) is 5.28. The number of nitrogens with zero attached hydrogens (tertiary/aromatic N) is 4. The maximum atomic E-state index is 12.4. The van der Waals surface area contributed by atoms with Gasteiger partial charge in [-0.3, -0.25) is 4.79 Å². The first kappa shape index (κ1) is 17.3. The van der Waals surface area contributed by atoms with Crippen molar-refractivity contribution >= 4 is 5.91 Å². The van der Waals surface area contributed by atoms with Gasteiger partial charge in [0, 0.05) is 19.2 Å². The average Bonchev–Trinajstić information content (AvgIpc) is 3.22. The molecule has 1 aliphatic heterocycles. The Morgan fingerprint density at radius 2 is 2.32 bits per heavy atom. The van der Waals surface area contributed by atoms with Crippen LogP contribution in [0.15, 0.2) is 18.6 Å². The van der Waals surface area contributed by atoms with Gasteiger partial charge in [0.25, 0.3) is 5.91 Å². The Labute approximate surface area is 146 Å². The van der Waals surface area contributed by atoms with Crippen molar-refractivity contribution in [1.82, 2.24) is 25.1 Å². The SMILES string of the molecule is Cc1c(C(=O)NCC2CCCO2)cnn1-c1cc(OC(C)C)ncn1. The van der Waals surface area contributed by atoms with Crippen LogP contribution in [0.5, 0.6) is 5.88 Å². The van der Waals surface area contributed by atoms with Crippen LogP contribution < -0.4 is 10.1 Å². The van der Waals surface area contributed by atoms with Crippen LogP contribution in [0.4, 0.5) is 0 Å². The van der Waals surface area contributed by atoms with Crippen LogP contribution in [-0.4, -0.2) is 51.0 Å². The van der Waals surface area contributed by atoms with Crippen LogP contribution in [0.3, 0.4) is 0 Å². The number of hydrogen-bond donors (Lipinski definition) is 1. The van der Waals surface area contributed by atoms with Gasteiger partial charge in [-0.2, -0.15) is 5.10 Å². The Bertz CT molecular complexity index is 738. The lowest BCUT2D eigenvalue weighted by molar-refractivity contribution is 0.0857. The summed E-state index contributed by atoms with van der Waals surface area (Å²) >= 11 is 0. The summed E-state index contributed by atoms with van der Waals surface area (Å²) in [6.45, 7) is 6.98. The summed E-state index contributed by atoms with van der Waals surface area (Å²) in [4.78, 5) is 20.7. The van der Waals surface area contributed by atoms with Gasteiger partial charge in [-0.1, -0.05) is 0 Å². The number of carbonyl (C=O) groups is 1. The summed E-state index contributed by atoms with van der Waals surface area (Å²) in [6, 6.07) is 1.70. The molecule has 8 heteroatoms. The number of hydrogen-bond acceptors (Lipinski definition) is 6. The van der Waals surface area contributed by atoms with E-state index in [-0.39, 0.29) is 18.1 Å². The standard InChI is InChI=1S/C17H23N5O3/c1-11(2)25-16-7-15(19-10-20-16)22-12(3)14(9-21-22)17(23)18-8-13-5-4-6-24-13/h7,9-11,13H,4-6,8H2,1-3H3,(H,18,23). The van der Waals surface area contributed by atoms with Crippen molar-refractivity contribution in [2.45, 2.75) is 45.8 Å². The van der Waals surface area contributed by atoms with Crippen molar-refractivity contribution in [3.63, 3.8) is 0 Å². The lowest BCUT2D eigenvalue weighted by atomic mass is 10.2. The van der Waals surface area contributed by atoms with Gasteiger partial charge in [0.2, 0.25) is 5.88 Å². The van der Waals surface area contributed by atoms with E-state index in [9.17, 15) is 4.79 Å². The molecular formula is C17H23N5O3. The zero-order valence-corrected chi connectivity index (χ0v) is 14.7. The van der Waals surface area contributed by atoms with Crippen LogP contribution in [-0.2, 0) is 4.74 Å². The number of aromatic nitrogens is 4. The van der Waals surface area contributed by atoms with E-state index in [4.69, 9.17) is 9.47 Å². The molecular weight excluding hydrogens is 322 g/mol. The van der Waals surface area contributed by atoms with Crippen molar-refractivity contribution < 1.29 is 14.3 Å². The molecule has 2 aromatic rings. The summed E-state index contributed by atoms with van der Waals surface area (Å²) in [7, 11) is 0. The van der Waals surface area contributed by atoms with Gasteiger partial charge in [-0.05, 0) is 33.6 Å². The zero-order valence-electron chi connectivity index (χ0n) is 14.7. The fraction of sp³-hybridized carbons (Fsp3) is 0.529. The fourth-order valence-electron chi connectivity index (χ4n) is 2.72. The second-order valence-electron chi connectivity index (χ2n) is 6.28. The van der Waals surface area contributed by atoms with Crippen molar-refractivity contribution in [3.8, 4) is 11.7 Å². The van der Waals surface area contributed by atoms with Crippen molar-refractivity contribution in [3.05, 3.63) is 29.8 Å². The largest absolute Gasteiger partial charge is 0.475 e. The Morgan fingerprint density at radius 3 is 3.04 bits per heavy atom. The quantitative estimate of drug-likeness (QED) is 0.856. The lowest BCUT2D eigenvalue weighted by Gasteiger charge is -2.11. The summed E-state index contributed by atoms with van der Waals surface area (Å²) < 4.78 is 12.7. The number of rotatable bonds is 6. The summed E-state index contributed by atoms with van der Waals surface area (Å²) in [6.07, 6.45) is 5.12. The van der Waals surface area contributed by atoms with Crippen LogP contribution >= 0.6 is 0 Å². The topological polar surface area (TPSA) is 91.2 Å². The van der Waals surface area contributed by atoms with Gasteiger partial charge in [0.15, 0.2) is 5.82 Å². The first-order chi connectivity index (χ1) is 12.0. The number of ether oxygens (including phenoxy) is 2. The molecule has 1 amide bonds. The molecule has 0 aromatic carbocycles. The minimum Gasteiger partial charge on any atom is -0.475 e. The van der Waals surface area contributed by atoms with Crippen molar-refractivity contribution in [2.24, 2.45) is 0 Å². The minimum absolute atomic E-state index is 0.0145. The highest BCUT2D eigenvalue weighted by atomic mass is 16.5. The van der Waals surface area contributed by atoms with Crippen LogP contribution in [0, 0.1) is 6.92 Å². The van der Waals surface area contributed by atoms with E-state index >= 15 is 0 Å². The molecule has 0 aliphatic carbocycles. The second kappa shape index (κ2) is 7.60. The van der Waals surface area contributed by atoms with Gasteiger partial charge in [0.05, 0.1) is 29.7 Å². The predicted octanol–water partition coefficient (Wildman–Crippen LogP) is 1.67. The molecule has 1 saturated heterocycles. The number of amides is 1. The molecule has 3 heterocycles. The average molecular weight is 345 g/mol. The molecule has 1 unspecified atom stereocenters. The van der Waals surface area contributed by atoms with Gasteiger partial charge in [-0.25, -0.2) is 14.6 Å². The highest BCUT2D eigenvalue weighted by Gasteiger charge is 2.20. The molecule has 1 N–H and O–H groups in total. The summed E-state index contributed by atoms with van der Waals surface area (Å²) in [5.74, 6) is 0.868. The van der Waals surface area contributed by atoms with E-state index < -0.39 is 0 Å². The molecule has 25 heavy (non-hydrogen) atoms. The first-order valence-electron chi connectivity index (χ1n) is 8.48. The van der Waals surface area contributed by atoms with Crippen molar-refractivity contribution in [1.29, 1.82) is 0 Å². The number of carbonyl (C=O) groups excluding carboxylic acids is 1. The Morgan fingerprint density at radius 1 is 1.48 bits per heavy atom. The molecule has 1 fully saturated rings. The zero-order chi connectivity index (χ0) is 17.8. The normalized spacial score (nSPS) is 17.0. The third-order valence-electron chi connectivity index (χ3n) is 3.97. The molecule has 2 aromatic heterocycles. The lowest BCUT2D eigenvalue weighted by Crippen LogP contribution is -2.32. The maximum Gasteiger partial charge on any atom is 0.254 e. The van der Waals surface area contributed by atoms with E-state index in [0.717, 1.165) is 19.4 Å². The Balaban J connectivity index is 1.73. The molecule has 3 rings (SSSR count). The molecule has 0 bridgehead atoms. The molecule has 134 valence electrons. The minimum atomic E-state index is -0.160. The van der Waals surface area contributed by atoms with Crippen LogP contribution in [0.2, 0.25) is 0 Å². The molecule has 8 nitrogen and oxygen atoms in total. The third kappa shape index (κ3) is 4.14. The van der Waals surface area contributed by atoms with E-state index in [2.05, 4.69) is 20.4 Å². The number of nitrogens with one attached hydrogen (secondary N) is 1. The monoisotopic (exact) mass is 345 g/mol. The van der Waals surface area contributed by atoms with E-state index in [0.29, 0.717) is 29.5 Å². The van der Waals surface area contributed by atoms with Gasteiger partial charge in [-0.15, -0.1) is 0 Å². The fourth-order valence-corrected chi connectivity index (χ4v) is 2.72. The van der Waals surface area contributed by atoms with Crippen LogP contribution in [0.1, 0.15) is 42.7 Å². The molecule has 0 radical (unpaired) electrons. The molecule has 0 spiro atoms. The van der Waals surface area contributed by atoms with Crippen molar-refractivity contribution in [2.75, 3.05) is 13.2 Å².